The molecular weight excluding hydrogens is 336 g/mol. The Hall–Kier alpha value is -1.69. The van der Waals surface area contributed by atoms with Crippen molar-refractivity contribution < 1.29 is 9.53 Å². The van der Waals surface area contributed by atoms with Gasteiger partial charge in [-0.25, -0.2) is 4.98 Å². The summed E-state index contributed by atoms with van der Waals surface area (Å²) in [4.78, 5) is 31.5. The van der Waals surface area contributed by atoms with Gasteiger partial charge in [0, 0.05) is 0 Å². The Bertz CT molecular complexity index is 849. The standard InChI is InChI=1S/C19H22N2O3S/c22-16(9-19-6-11-3-12(7-19)5-13(4-11)8-19)24-10-15-20-14-1-2-25-17(14)18(23)21-15/h1-2,11-13H,3-10H2,(H,20,21,23). The molecule has 0 amide bonds. The Kier molecular flexibility index (Phi) is 3.52. The number of carbonyl (C=O) groups excluding carboxylic acids is 1. The second-order valence-electron chi connectivity index (χ2n) is 8.40. The Labute approximate surface area is 149 Å². The van der Waals surface area contributed by atoms with E-state index >= 15 is 0 Å². The van der Waals surface area contributed by atoms with Crippen LogP contribution in [0, 0.1) is 23.2 Å². The normalized spacial score (nSPS) is 33.0. The summed E-state index contributed by atoms with van der Waals surface area (Å²) >= 11 is 1.37. The lowest BCUT2D eigenvalue weighted by Crippen LogP contribution is -2.47. The molecule has 4 aliphatic carbocycles. The zero-order chi connectivity index (χ0) is 17.0. The summed E-state index contributed by atoms with van der Waals surface area (Å²) in [6, 6.07) is 1.82. The van der Waals surface area contributed by atoms with Crippen molar-refractivity contribution in [3.05, 3.63) is 27.6 Å². The number of nitrogens with one attached hydrogen (secondary N) is 1. The number of thiophene rings is 1. The summed E-state index contributed by atoms with van der Waals surface area (Å²) < 4.78 is 6.09. The number of ether oxygens (including phenoxy) is 1. The fourth-order valence-corrected chi connectivity index (χ4v) is 6.73. The molecule has 0 atom stereocenters. The van der Waals surface area contributed by atoms with E-state index in [9.17, 15) is 9.59 Å². The molecule has 6 rings (SSSR count). The molecule has 6 heteroatoms. The number of hydrogen-bond acceptors (Lipinski definition) is 5. The molecule has 0 aromatic carbocycles. The molecule has 25 heavy (non-hydrogen) atoms. The third-order valence-electron chi connectivity index (χ3n) is 6.42. The topological polar surface area (TPSA) is 72.0 Å². The maximum absolute atomic E-state index is 12.5. The van der Waals surface area contributed by atoms with E-state index in [0.717, 1.165) is 17.8 Å². The summed E-state index contributed by atoms with van der Waals surface area (Å²) in [5.74, 6) is 2.78. The van der Waals surface area contributed by atoms with Crippen LogP contribution in [0.4, 0.5) is 0 Å². The van der Waals surface area contributed by atoms with Crippen molar-refractivity contribution >= 4 is 27.5 Å². The molecule has 0 spiro atoms. The van der Waals surface area contributed by atoms with Gasteiger partial charge in [0.25, 0.3) is 5.56 Å². The smallest absolute Gasteiger partial charge is 0.306 e. The van der Waals surface area contributed by atoms with Crippen molar-refractivity contribution in [3.63, 3.8) is 0 Å². The highest BCUT2D eigenvalue weighted by Crippen LogP contribution is 2.61. The second kappa shape index (κ2) is 5.66. The quantitative estimate of drug-likeness (QED) is 0.847. The molecule has 4 saturated carbocycles. The van der Waals surface area contributed by atoms with Crippen LogP contribution >= 0.6 is 11.3 Å². The number of hydrogen-bond donors (Lipinski definition) is 1. The Morgan fingerprint density at radius 2 is 1.92 bits per heavy atom. The van der Waals surface area contributed by atoms with Crippen LogP contribution in [0.2, 0.25) is 0 Å². The van der Waals surface area contributed by atoms with Gasteiger partial charge in [0.1, 0.15) is 17.1 Å². The Morgan fingerprint density at radius 1 is 1.24 bits per heavy atom. The number of rotatable bonds is 4. The first-order valence-electron chi connectivity index (χ1n) is 9.21. The van der Waals surface area contributed by atoms with E-state index in [0.29, 0.717) is 22.5 Å². The van der Waals surface area contributed by atoms with Crippen molar-refractivity contribution in [2.45, 2.75) is 51.6 Å². The fourth-order valence-electron chi connectivity index (χ4n) is 6.00. The van der Waals surface area contributed by atoms with Crippen LogP contribution in [0.5, 0.6) is 0 Å². The maximum Gasteiger partial charge on any atom is 0.306 e. The minimum Gasteiger partial charge on any atom is -0.457 e. The van der Waals surface area contributed by atoms with Crippen molar-refractivity contribution in [2.24, 2.45) is 23.2 Å². The van der Waals surface area contributed by atoms with Crippen molar-refractivity contribution in [2.75, 3.05) is 0 Å². The molecule has 4 fully saturated rings. The molecule has 2 aromatic heterocycles. The van der Waals surface area contributed by atoms with Crippen molar-refractivity contribution in [3.8, 4) is 0 Å². The van der Waals surface area contributed by atoms with E-state index in [2.05, 4.69) is 9.97 Å². The minimum absolute atomic E-state index is 0.0478. The molecule has 0 unspecified atom stereocenters. The lowest BCUT2D eigenvalue weighted by molar-refractivity contribution is -0.153. The lowest BCUT2D eigenvalue weighted by atomic mass is 9.49. The van der Waals surface area contributed by atoms with E-state index in [4.69, 9.17) is 4.74 Å². The molecule has 0 radical (unpaired) electrons. The van der Waals surface area contributed by atoms with Gasteiger partial charge in [0.2, 0.25) is 0 Å². The number of aromatic amines is 1. The molecule has 0 saturated heterocycles. The van der Waals surface area contributed by atoms with Crippen molar-refractivity contribution in [1.29, 1.82) is 0 Å². The summed E-state index contributed by atoms with van der Waals surface area (Å²) in [6.45, 7) is 0.0478. The van der Waals surface area contributed by atoms with Crippen LogP contribution in [0.15, 0.2) is 16.2 Å². The first-order chi connectivity index (χ1) is 12.1. The number of esters is 1. The molecule has 2 heterocycles. The van der Waals surface area contributed by atoms with Gasteiger partial charge in [0.15, 0.2) is 0 Å². The summed E-state index contributed by atoms with van der Waals surface area (Å²) in [5.41, 5.74) is 0.692. The van der Waals surface area contributed by atoms with Crippen LogP contribution in [0.1, 0.15) is 50.8 Å². The molecule has 1 N–H and O–H groups in total. The van der Waals surface area contributed by atoms with Crippen LogP contribution in [0.25, 0.3) is 10.2 Å². The monoisotopic (exact) mass is 358 g/mol. The van der Waals surface area contributed by atoms with E-state index in [1.54, 1.807) is 0 Å². The van der Waals surface area contributed by atoms with Crippen LogP contribution in [0.3, 0.4) is 0 Å². The molecule has 132 valence electrons. The fraction of sp³-hybridized carbons (Fsp3) is 0.632. The highest BCUT2D eigenvalue weighted by molar-refractivity contribution is 7.17. The Balaban J connectivity index is 1.25. The van der Waals surface area contributed by atoms with Gasteiger partial charge in [-0.2, -0.15) is 0 Å². The average molecular weight is 358 g/mol. The van der Waals surface area contributed by atoms with Gasteiger partial charge in [-0.1, -0.05) is 0 Å². The summed E-state index contributed by atoms with van der Waals surface area (Å²) in [6.07, 6.45) is 8.25. The average Bonchev–Trinajstić information content (AvgIpc) is 3.00. The predicted molar refractivity (Wildman–Crippen MR) is 95.3 cm³/mol. The second-order valence-corrected chi connectivity index (χ2v) is 9.32. The van der Waals surface area contributed by atoms with Crippen LogP contribution < -0.4 is 5.56 Å². The zero-order valence-electron chi connectivity index (χ0n) is 14.1. The predicted octanol–water partition coefficient (Wildman–Crippen LogP) is 3.63. The molecular formula is C19H22N2O3S. The molecule has 2 aromatic rings. The molecule has 4 bridgehead atoms. The van der Waals surface area contributed by atoms with Crippen LogP contribution in [-0.4, -0.2) is 15.9 Å². The molecule has 5 nitrogen and oxygen atoms in total. The van der Waals surface area contributed by atoms with Gasteiger partial charge in [0.05, 0.1) is 11.9 Å². The number of H-pyrrole nitrogens is 1. The summed E-state index contributed by atoms with van der Waals surface area (Å²) in [7, 11) is 0. The highest BCUT2D eigenvalue weighted by atomic mass is 32.1. The molecule has 0 aliphatic heterocycles. The first kappa shape index (κ1) is 15.6. The van der Waals surface area contributed by atoms with Gasteiger partial charge in [-0.3, -0.25) is 9.59 Å². The number of nitrogens with zero attached hydrogens (tertiary/aromatic N) is 1. The number of aromatic nitrogens is 2. The lowest BCUT2D eigenvalue weighted by Gasteiger charge is -2.56. The van der Waals surface area contributed by atoms with Gasteiger partial charge in [-0.15, -0.1) is 11.3 Å². The van der Waals surface area contributed by atoms with Gasteiger partial charge < -0.3 is 9.72 Å². The third-order valence-corrected chi connectivity index (χ3v) is 7.32. The van der Waals surface area contributed by atoms with E-state index in [-0.39, 0.29) is 23.6 Å². The van der Waals surface area contributed by atoms with E-state index in [1.807, 2.05) is 11.4 Å². The zero-order valence-corrected chi connectivity index (χ0v) is 14.9. The third kappa shape index (κ3) is 2.80. The minimum atomic E-state index is -0.160. The number of fused-ring (bicyclic) bond motifs is 1. The van der Waals surface area contributed by atoms with Crippen LogP contribution in [-0.2, 0) is 16.1 Å². The highest BCUT2D eigenvalue weighted by Gasteiger charge is 2.51. The SMILES string of the molecule is O=C(CC12CC3CC(CC(C3)C1)C2)OCc1nc2ccsc2c(=O)[nH]1. The Morgan fingerprint density at radius 3 is 2.60 bits per heavy atom. The van der Waals surface area contributed by atoms with Gasteiger partial charge >= 0.3 is 5.97 Å². The molecule has 4 aliphatic rings. The maximum atomic E-state index is 12.5. The summed E-state index contributed by atoms with van der Waals surface area (Å²) in [5, 5.41) is 1.84. The van der Waals surface area contributed by atoms with Gasteiger partial charge in [-0.05, 0) is 73.1 Å². The first-order valence-corrected chi connectivity index (χ1v) is 10.1. The van der Waals surface area contributed by atoms with Crippen molar-refractivity contribution in [1.82, 2.24) is 9.97 Å². The largest absolute Gasteiger partial charge is 0.457 e. The van der Waals surface area contributed by atoms with E-state index in [1.165, 1.54) is 49.9 Å². The number of carbonyl (C=O) groups is 1. The van der Waals surface area contributed by atoms with E-state index < -0.39 is 0 Å².